The molecule has 69 heavy (non-hydrogen) atoms. The Kier molecular flexibility index (Phi) is 9.84. The Morgan fingerprint density at radius 1 is 0.290 bits per heavy atom. The summed E-state index contributed by atoms with van der Waals surface area (Å²) >= 11 is 1.84. The number of aromatic nitrogens is 4. The molecular weight excluding hydrogens is 857 g/mol. The van der Waals surface area contributed by atoms with Gasteiger partial charge in [0.15, 0.2) is 17.5 Å². The second-order valence-corrected chi connectivity index (χ2v) is 18.8. The number of hydrogen-bond acceptors (Lipinski definition) is 5. The molecule has 0 fully saturated rings. The Balaban J connectivity index is 0.988. The van der Waals surface area contributed by atoms with Crippen LogP contribution in [0.15, 0.2) is 246 Å². The summed E-state index contributed by atoms with van der Waals surface area (Å²) in [7, 11) is 0. The zero-order chi connectivity index (χ0) is 45.9. The van der Waals surface area contributed by atoms with Crippen molar-refractivity contribution in [3.8, 4) is 89.9 Å². The van der Waals surface area contributed by atoms with Crippen LogP contribution in [-0.4, -0.2) is 19.9 Å². The monoisotopic (exact) mass is 898 g/mol. The van der Waals surface area contributed by atoms with Gasteiger partial charge in [-0.15, -0.1) is 0 Å². The summed E-state index contributed by atoms with van der Waals surface area (Å²) in [4.78, 5) is 23.1. The van der Waals surface area contributed by atoms with E-state index in [0.29, 0.717) is 17.5 Å². The molecule has 2 aromatic heterocycles. The summed E-state index contributed by atoms with van der Waals surface area (Å²) in [5.74, 6) is 1.92. The lowest BCUT2D eigenvalue weighted by Gasteiger charge is -2.40. The Labute approximate surface area is 406 Å². The van der Waals surface area contributed by atoms with E-state index >= 15 is 0 Å². The van der Waals surface area contributed by atoms with Crippen LogP contribution in [0.5, 0.6) is 0 Å². The highest BCUT2D eigenvalue weighted by Gasteiger charge is 2.50. The minimum Gasteiger partial charge on any atom is -0.252 e. The Morgan fingerprint density at radius 3 is 1.35 bits per heavy atom. The predicted molar refractivity (Wildman–Crippen MR) is 282 cm³/mol. The second kappa shape index (κ2) is 16.7. The maximum absolute atomic E-state index is 5.21. The highest BCUT2D eigenvalue weighted by Crippen LogP contribution is 2.63. The number of hydrogen-bond donors (Lipinski definition) is 0. The highest BCUT2D eigenvalue weighted by molar-refractivity contribution is 7.99. The van der Waals surface area contributed by atoms with Gasteiger partial charge >= 0.3 is 0 Å². The molecule has 13 rings (SSSR count). The van der Waals surface area contributed by atoms with Gasteiger partial charge in [-0.25, -0.2) is 15.0 Å². The van der Waals surface area contributed by atoms with E-state index in [1.54, 1.807) is 0 Å². The van der Waals surface area contributed by atoms with E-state index in [1.165, 1.54) is 65.4 Å². The lowest BCUT2D eigenvalue weighted by atomic mass is 9.66. The summed E-state index contributed by atoms with van der Waals surface area (Å²) in [5.41, 5.74) is 19.7. The van der Waals surface area contributed by atoms with Crippen molar-refractivity contribution in [3.05, 3.63) is 265 Å². The van der Waals surface area contributed by atoms with Gasteiger partial charge in [0.1, 0.15) is 0 Å². The number of fused-ring (bicyclic) bond motifs is 9. The molecule has 2 aliphatic rings. The van der Waals surface area contributed by atoms with Crippen molar-refractivity contribution in [1.82, 2.24) is 19.9 Å². The Morgan fingerprint density at radius 2 is 0.739 bits per heavy atom. The first-order chi connectivity index (χ1) is 34.1. The molecule has 11 aromatic rings. The van der Waals surface area contributed by atoms with Crippen LogP contribution < -0.4 is 0 Å². The van der Waals surface area contributed by atoms with Gasteiger partial charge < -0.3 is 0 Å². The van der Waals surface area contributed by atoms with Crippen molar-refractivity contribution in [3.63, 3.8) is 0 Å². The van der Waals surface area contributed by atoms with Crippen molar-refractivity contribution >= 4 is 11.8 Å². The van der Waals surface area contributed by atoms with Crippen LogP contribution in [0.4, 0.5) is 0 Å². The van der Waals surface area contributed by atoms with Gasteiger partial charge in [0.25, 0.3) is 0 Å². The minimum absolute atomic E-state index is 0.634. The predicted octanol–water partition coefficient (Wildman–Crippen LogP) is 16.1. The van der Waals surface area contributed by atoms with Gasteiger partial charge in [-0.1, -0.05) is 212 Å². The summed E-state index contributed by atoms with van der Waals surface area (Å²) in [6, 6.07) is 84.7. The van der Waals surface area contributed by atoms with Crippen LogP contribution in [0.1, 0.15) is 27.9 Å². The van der Waals surface area contributed by atoms with Crippen molar-refractivity contribution in [1.29, 1.82) is 0 Å². The molecule has 0 saturated heterocycles. The molecule has 9 aromatic carbocycles. The molecule has 0 bridgehead atoms. The molecule has 1 atom stereocenters. The first-order valence-electron chi connectivity index (χ1n) is 23.4. The van der Waals surface area contributed by atoms with E-state index in [-0.39, 0.29) is 0 Å². The molecule has 0 saturated carbocycles. The van der Waals surface area contributed by atoms with E-state index in [9.17, 15) is 0 Å². The van der Waals surface area contributed by atoms with Gasteiger partial charge in [-0.3, -0.25) is 4.98 Å². The van der Waals surface area contributed by atoms with E-state index in [2.05, 4.69) is 207 Å². The quantitative estimate of drug-likeness (QED) is 0.160. The molecule has 0 amide bonds. The fraction of sp³-hybridized carbons (Fsp3) is 0.0312. The van der Waals surface area contributed by atoms with E-state index in [0.717, 1.165) is 44.8 Å². The van der Waals surface area contributed by atoms with Crippen LogP contribution in [0.3, 0.4) is 0 Å². The normalized spacial score (nSPS) is 14.2. The highest BCUT2D eigenvalue weighted by atomic mass is 32.2. The van der Waals surface area contributed by atoms with Gasteiger partial charge in [0, 0.05) is 43.3 Å². The maximum Gasteiger partial charge on any atom is 0.164 e. The van der Waals surface area contributed by atoms with Gasteiger partial charge in [-0.05, 0) is 105 Å². The van der Waals surface area contributed by atoms with Crippen molar-refractivity contribution in [2.45, 2.75) is 22.1 Å². The maximum atomic E-state index is 5.21. The number of benzene rings is 9. The molecule has 3 heterocycles. The van der Waals surface area contributed by atoms with Crippen molar-refractivity contribution < 1.29 is 0 Å². The standard InChI is InChI=1S/C64H42N4S/c1-41-51(33-35-58(65-41)45-28-26-44(27-29-45)42-16-6-2-7-17-42)49-30-34-55-53(38-49)52-24-14-15-25-54(52)64(55)56-39-48(43-18-8-3-9-19-43)31-36-59(56)69-60-37-32-50(40-57(60)64)63-67-61(46-20-10-4-11-21-46)66-62(68-63)47-22-12-5-13-23-47/h2-40H,1H3. The molecule has 1 unspecified atom stereocenters. The summed E-state index contributed by atoms with van der Waals surface area (Å²) < 4.78 is 0. The zero-order valence-electron chi connectivity index (χ0n) is 37.7. The van der Waals surface area contributed by atoms with E-state index in [4.69, 9.17) is 19.9 Å². The summed E-state index contributed by atoms with van der Waals surface area (Å²) in [6.45, 7) is 2.13. The molecule has 5 heteroatoms. The lowest BCUT2D eigenvalue weighted by Crippen LogP contribution is -2.32. The van der Waals surface area contributed by atoms with Crippen LogP contribution in [0.2, 0.25) is 0 Å². The van der Waals surface area contributed by atoms with E-state index in [1.807, 2.05) is 48.2 Å². The molecular formula is C64H42N4S. The molecule has 0 N–H and O–H groups in total. The van der Waals surface area contributed by atoms with Crippen LogP contribution in [0.25, 0.3) is 89.9 Å². The van der Waals surface area contributed by atoms with Gasteiger partial charge in [-0.2, -0.15) is 0 Å². The second-order valence-electron chi connectivity index (χ2n) is 17.8. The third-order valence-electron chi connectivity index (χ3n) is 13.8. The minimum atomic E-state index is -0.651. The number of nitrogens with zero attached hydrogens (tertiary/aromatic N) is 4. The number of aryl methyl sites for hydroxylation is 1. The summed E-state index contributed by atoms with van der Waals surface area (Å²) in [5, 5.41) is 0. The topological polar surface area (TPSA) is 51.6 Å². The molecule has 324 valence electrons. The first kappa shape index (κ1) is 40.7. The van der Waals surface area contributed by atoms with Crippen LogP contribution >= 0.6 is 11.8 Å². The van der Waals surface area contributed by atoms with E-state index < -0.39 is 5.41 Å². The van der Waals surface area contributed by atoms with Crippen molar-refractivity contribution in [2.75, 3.05) is 0 Å². The largest absolute Gasteiger partial charge is 0.252 e. The number of rotatable bonds is 7. The van der Waals surface area contributed by atoms with Crippen LogP contribution in [0, 0.1) is 6.92 Å². The molecule has 0 radical (unpaired) electrons. The fourth-order valence-electron chi connectivity index (χ4n) is 10.5. The first-order valence-corrected chi connectivity index (χ1v) is 24.2. The average Bonchev–Trinajstić information content (AvgIpc) is 3.71. The van der Waals surface area contributed by atoms with Crippen molar-refractivity contribution in [2.24, 2.45) is 0 Å². The van der Waals surface area contributed by atoms with Gasteiger partial charge in [0.2, 0.25) is 0 Å². The summed E-state index contributed by atoms with van der Waals surface area (Å²) in [6.07, 6.45) is 0. The van der Waals surface area contributed by atoms with Crippen LogP contribution in [-0.2, 0) is 5.41 Å². The average molecular weight is 899 g/mol. The number of pyridine rings is 1. The molecule has 4 nitrogen and oxygen atoms in total. The molecule has 1 spiro atoms. The Hall–Kier alpha value is -8.51. The lowest BCUT2D eigenvalue weighted by molar-refractivity contribution is 0.723. The fourth-order valence-corrected chi connectivity index (χ4v) is 11.7. The third kappa shape index (κ3) is 6.93. The SMILES string of the molecule is Cc1nc(-c2ccc(-c3ccccc3)cc2)ccc1-c1ccc2c(c1)-c1ccccc1C21c2cc(-c3ccccc3)ccc2Sc2ccc(-c3nc(-c4ccccc4)nc(-c4ccccc4)n3)cc21. The Bertz CT molecular complexity index is 3690. The van der Waals surface area contributed by atoms with Gasteiger partial charge in [0.05, 0.1) is 11.1 Å². The zero-order valence-corrected chi connectivity index (χ0v) is 38.5. The molecule has 1 aliphatic carbocycles. The smallest absolute Gasteiger partial charge is 0.164 e. The third-order valence-corrected chi connectivity index (χ3v) is 14.9. The molecule has 1 aliphatic heterocycles.